The monoisotopic (exact) mass is 429 g/mol. The Morgan fingerprint density at radius 2 is 1.66 bits per heavy atom. The average molecular weight is 430 g/mol. The third-order valence-corrected chi connectivity index (χ3v) is 4.71. The van der Waals surface area contributed by atoms with Gasteiger partial charge < -0.3 is 14.8 Å². The minimum atomic E-state index is -0.305. The fourth-order valence-electron chi connectivity index (χ4n) is 2.68. The third-order valence-electron chi connectivity index (χ3n) is 4.18. The molecule has 0 fully saturated rings. The van der Waals surface area contributed by atoms with Crippen molar-refractivity contribution in [3.8, 4) is 11.5 Å². The second kappa shape index (κ2) is 9.68. The van der Waals surface area contributed by atoms with Crippen molar-refractivity contribution in [1.29, 1.82) is 0 Å². The highest BCUT2D eigenvalue weighted by Crippen LogP contribution is 2.37. The first-order valence-electron chi connectivity index (χ1n) is 9.18. The standard InChI is InChI=1S/C23H21Cl2NO3/c1-3-28-21-13-17(23(27)26-19-10-8-18(24)9-11-19)12-20(25)22(21)29-14-16-6-4-15(2)5-7-16/h4-13H,3,14H2,1-2H3,(H,26,27). The number of hydrogen-bond donors (Lipinski definition) is 1. The van der Waals surface area contributed by atoms with Gasteiger partial charge in [-0.3, -0.25) is 4.79 Å². The first-order chi connectivity index (χ1) is 14.0. The largest absolute Gasteiger partial charge is 0.490 e. The maximum absolute atomic E-state index is 12.6. The second-order valence-electron chi connectivity index (χ2n) is 6.45. The molecule has 0 bridgehead atoms. The van der Waals surface area contributed by atoms with Crippen LogP contribution in [0, 0.1) is 6.92 Å². The van der Waals surface area contributed by atoms with E-state index in [1.54, 1.807) is 36.4 Å². The zero-order valence-corrected chi connectivity index (χ0v) is 17.7. The fourth-order valence-corrected chi connectivity index (χ4v) is 3.07. The van der Waals surface area contributed by atoms with Gasteiger partial charge in [-0.05, 0) is 55.8 Å². The Kier molecular flexibility index (Phi) is 7.02. The van der Waals surface area contributed by atoms with Gasteiger partial charge in [-0.1, -0.05) is 53.0 Å². The van der Waals surface area contributed by atoms with Gasteiger partial charge in [0.25, 0.3) is 5.91 Å². The second-order valence-corrected chi connectivity index (χ2v) is 7.30. The van der Waals surface area contributed by atoms with Gasteiger partial charge in [0, 0.05) is 16.3 Å². The quantitative estimate of drug-likeness (QED) is 0.464. The molecule has 3 aromatic carbocycles. The highest BCUT2D eigenvalue weighted by atomic mass is 35.5. The van der Waals surface area contributed by atoms with Crippen molar-refractivity contribution in [2.24, 2.45) is 0 Å². The van der Waals surface area contributed by atoms with Crippen LogP contribution in [0.5, 0.6) is 11.5 Å². The summed E-state index contributed by atoms with van der Waals surface area (Å²) in [5.41, 5.74) is 3.20. The number of halogens is 2. The molecule has 0 atom stereocenters. The zero-order valence-electron chi connectivity index (χ0n) is 16.2. The SMILES string of the molecule is CCOc1cc(C(=O)Nc2ccc(Cl)cc2)cc(Cl)c1OCc1ccc(C)cc1. The van der Waals surface area contributed by atoms with Crippen molar-refractivity contribution < 1.29 is 14.3 Å². The van der Waals surface area contributed by atoms with E-state index in [0.29, 0.717) is 46.0 Å². The van der Waals surface area contributed by atoms with Gasteiger partial charge in [0.1, 0.15) is 6.61 Å². The minimum absolute atomic E-state index is 0.305. The summed E-state index contributed by atoms with van der Waals surface area (Å²) in [6.07, 6.45) is 0. The molecule has 6 heteroatoms. The normalized spacial score (nSPS) is 10.5. The van der Waals surface area contributed by atoms with Crippen LogP contribution in [0.2, 0.25) is 10.0 Å². The van der Waals surface area contributed by atoms with Crippen molar-refractivity contribution in [3.63, 3.8) is 0 Å². The zero-order chi connectivity index (χ0) is 20.8. The molecule has 0 unspecified atom stereocenters. The smallest absolute Gasteiger partial charge is 0.255 e. The molecule has 0 aliphatic carbocycles. The lowest BCUT2D eigenvalue weighted by Gasteiger charge is -2.15. The Hall–Kier alpha value is -2.69. The average Bonchev–Trinajstić information content (AvgIpc) is 2.70. The van der Waals surface area contributed by atoms with Gasteiger partial charge in [-0.15, -0.1) is 0 Å². The molecule has 150 valence electrons. The van der Waals surface area contributed by atoms with E-state index < -0.39 is 0 Å². The molecule has 0 aliphatic heterocycles. The van der Waals surface area contributed by atoms with E-state index in [4.69, 9.17) is 32.7 Å². The Balaban J connectivity index is 1.80. The lowest BCUT2D eigenvalue weighted by molar-refractivity contribution is 0.102. The number of aryl methyl sites for hydroxylation is 1. The summed E-state index contributed by atoms with van der Waals surface area (Å²) < 4.78 is 11.6. The predicted molar refractivity (Wildman–Crippen MR) is 118 cm³/mol. The molecule has 29 heavy (non-hydrogen) atoms. The van der Waals surface area contributed by atoms with Gasteiger partial charge >= 0.3 is 0 Å². The fraction of sp³-hybridized carbons (Fsp3) is 0.174. The van der Waals surface area contributed by atoms with Crippen LogP contribution < -0.4 is 14.8 Å². The van der Waals surface area contributed by atoms with Crippen molar-refractivity contribution in [2.75, 3.05) is 11.9 Å². The molecule has 0 aliphatic rings. The van der Waals surface area contributed by atoms with E-state index in [9.17, 15) is 4.79 Å². The molecule has 0 heterocycles. The first kappa shape index (κ1) is 21.0. The van der Waals surface area contributed by atoms with Gasteiger partial charge in [-0.2, -0.15) is 0 Å². The summed E-state index contributed by atoms with van der Waals surface area (Å²) in [5.74, 6) is 0.533. The van der Waals surface area contributed by atoms with Crippen LogP contribution in [0.1, 0.15) is 28.4 Å². The summed E-state index contributed by atoms with van der Waals surface area (Å²) in [6, 6.07) is 18.1. The van der Waals surface area contributed by atoms with Crippen LogP contribution >= 0.6 is 23.2 Å². The van der Waals surface area contributed by atoms with E-state index in [2.05, 4.69) is 5.32 Å². The van der Waals surface area contributed by atoms with Crippen LogP contribution in [0.3, 0.4) is 0 Å². The molecule has 0 radical (unpaired) electrons. The molecule has 4 nitrogen and oxygen atoms in total. The van der Waals surface area contributed by atoms with Gasteiger partial charge in [0.2, 0.25) is 0 Å². The van der Waals surface area contributed by atoms with Gasteiger partial charge in [0.15, 0.2) is 11.5 Å². The molecule has 0 saturated carbocycles. The number of ether oxygens (including phenoxy) is 2. The van der Waals surface area contributed by atoms with E-state index in [-0.39, 0.29) is 5.91 Å². The van der Waals surface area contributed by atoms with E-state index in [1.165, 1.54) is 5.56 Å². The number of anilines is 1. The summed E-state index contributed by atoms with van der Waals surface area (Å²) in [5, 5.41) is 3.72. The number of carbonyl (C=O) groups excluding carboxylic acids is 1. The summed E-state index contributed by atoms with van der Waals surface area (Å²) in [7, 11) is 0. The van der Waals surface area contributed by atoms with Crippen LogP contribution in [-0.4, -0.2) is 12.5 Å². The lowest BCUT2D eigenvalue weighted by Crippen LogP contribution is -2.12. The Morgan fingerprint density at radius 1 is 0.966 bits per heavy atom. The number of rotatable bonds is 7. The van der Waals surface area contributed by atoms with Crippen molar-refractivity contribution >= 4 is 34.8 Å². The minimum Gasteiger partial charge on any atom is -0.490 e. The molecular formula is C23H21Cl2NO3. The predicted octanol–water partition coefficient (Wildman–Crippen LogP) is 6.53. The Labute approximate surface area is 180 Å². The Morgan fingerprint density at radius 3 is 2.31 bits per heavy atom. The van der Waals surface area contributed by atoms with Gasteiger partial charge in [0.05, 0.1) is 11.6 Å². The maximum atomic E-state index is 12.6. The molecule has 3 rings (SSSR count). The van der Waals surface area contributed by atoms with Crippen molar-refractivity contribution in [1.82, 2.24) is 0 Å². The highest BCUT2D eigenvalue weighted by molar-refractivity contribution is 6.33. The molecular weight excluding hydrogens is 409 g/mol. The highest BCUT2D eigenvalue weighted by Gasteiger charge is 2.17. The van der Waals surface area contributed by atoms with E-state index >= 15 is 0 Å². The molecule has 1 amide bonds. The van der Waals surface area contributed by atoms with E-state index in [1.807, 2.05) is 38.1 Å². The van der Waals surface area contributed by atoms with Crippen LogP contribution in [0.4, 0.5) is 5.69 Å². The Bertz CT molecular complexity index is 986. The first-order valence-corrected chi connectivity index (χ1v) is 9.93. The van der Waals surface area contributed by atoms with Crippen molar-refractivity contribution in [2.45, 2.75) is 20.5 Å². The van der Waals surface area contributed by atoms with Crippen LogP contribution in [0.25, 0.3) is 0 Å². The molecule has 0 saturated heterocycles. The molecule has 0 aromatic heterocycles. The topological polar surface area (TPSA) is 47.6 Å². The molecule has 0 spiro atoms. The maximum Gasteiger partial charge on any atom is 0.255 e. The summed E-state index contributed by atoms with van der Waals surface area (Å²) >= 11 is 12.3. The van der Waals surface area contributed by atoms with Crippen LogP contribution in [0.15, 0.2) is 60.7 Å². The summed E-state index contributed by atoms with van der Waals surface area (Å²) in [6.45, 7) is 4.65. The number of hydrogen-bond acceptors (Lipinski definition) is 3. The van der Waals surface area contributed by atoms with Crippen LogP contribution in [-0.2, 0) is 6.61 Å². The van der Waals surface area contributed by atoms with E-state index in [0.717, 1.165) is 5.56 Å². The number of amides is 1. The number of nitrogens with one attached hydrogen (secondary N) is 1. The number of carbonyl (C=O) groups is 1. The lowest BCUT2D eigenvalue weighted by atomic mass is 10.1. The third kappa shape index (κ3) is 5.66. The van der Waals surface area contributed by atoms with Gasteiger partial charge in [-0.25, -0.2) is 0 Å². The summed E-state index contributed by atoms with van der Waals surface area (Å²) in [4.78, 5) is 12.6. The molecule has 1 N–H and O–H groups in total. The molecule has 3 aromatic rings. The van der Waals surface area contributed by atoms with Crippen molar-refractivity contribution in [3.05, 3.63) is 87.4 Å². The number of benzene rings is 3.